The maximum absolute atomic E-state index is 14.4. The van der Waals surface area contributed by atoms with Crippen LogP contribution in [0.5, 0.6) is 0 Å². The van der Waals surface area contributed by atoms with Gasteiger partial charge in [-0.2, -0.15) is 0 Å². The lowest BCUT2D eigenvalue weighted by Crippen LogP contribution is -2.53. The van der Waals surface area contributed by atoms with Gasteiger partial charge in [-0.1, -0.05) is 6.07 Å². The summed E-state index contributed by atoms with van der Waals surface area (Å²) in [6.45, 7) is 5.97. The molecule has 182 valence electrons. The van der Waals surface area contributed by atoms with Crippen molar-refractivity contribution in [1.82, 2.24) is 9.80 Å². The minimum absolute atomic E-state index is 0.0774. The second kappa shape index (κ2) is 9.58. The molecule has 0 aliphatic carbocycles. The highest BCUT2D eigenvalue weighted by Crippen LogP contribution is 2.32. The van der Waals surface area contributed by atoms with E-state index in [1.165, 1.54) is 18.2 Å². The summed E-state index contributed by atoms with van der Waals surface area (Å²) in [5.74, 6) is -1.07. The number of hydrogen-bond acceptors (Lipinski definition) is 5. The fraction of sp³-hybridized carbons (Fsp3) is 0.440. The number of fused-ring (bicyclic) bond motifs is 1. The lowest BCUT2D eigenvalue weighted by Gasteiger charge is -2.38. The molecule has 34 heavy (non-hydrogen) atoms. The third-order valence-corrected chi connectivity index (χ3v) is 6.75. The van der Waals surface area contributed by atoms with Gasteiger partial charge < -0.3 is 20.4 Å². The Kier molecular flexibility index (Phi) is 6.74. The van der Waals surface area contributed by atoms with E-state index < -0.39 is 11.9 Å². The highest BCUT2D eigenvalue weighted by Gasteiger charge is 2.30. The third-order valence-electron chi connectivity index (χ3n) is 6.75. The Bertz CT molecular complexity index is 1070. The summed E-state index contributed by atoms with van der Waals surface area (Å²) in [6, 6.07) is 6.68. The molecule has 2 N–H and O–H groups in total. The van der Waals surface area contributed by atoms with E-state index in [1.54, 1.807) is 12.1 Å². The fourth-order valence-corrected chi connectivity index (χ4v) is 4.46. The Morgan fingerprint density at radius 2 is 1.82 bits per heavy atom. The van der Waals surface area contributed by atoms with E-state index >= 15 is 0 Å². The number of benzene rings is 2. The minimum atomic E-state index is -0.634. The molecule has 1 fully saturated rings. The zero-order valence-corrected chi connectivity index (χ0v) is 20.0. The van der Waals surface area contributed by atoms with Crippen molar-refractivity contribution in [2.75, 3.05) is 55.8 Å². The fourth-order valence-electron chi connectivity index (χ4n) is 4.46. The van der Waals surface area contributed by atoms with Gasteiger partial charge in [0, 0.05) is 55.2 Å². The van der Waals surface area contributed by atoms with Crippen LogP contribution in [0.2, 0.25) is 0 Å². The van der Waals surface area contributed by atoms with Crippen molar-refractivity contribution in [1.29, 1.82) is 0 Å². The van der Waals surface area contributed by atoms with Crippen LogP contribution in [-0.2, 0) is 16.0 Å². The van der Waals surface area contributed by atoms with Gasteiger partial charge in [0.05, 0.1) is 6.04 Å². The highest BCUT2D eigenvalue weighted by molar-refractivity contribution is 5.98. The monoisotopic (exact) mass is 471 g/mol. The molecule has 7 nitrogen and oxygen atoms in total. The van der Waals surface area contributed by atoms with Gasteiger partial charge in [0.25, 0.3) is 0 Å². The highest BCUT2D eigenvalue weighted by atomic mass is 19.1. The first-order valence-electron chi connectivity index (χ1n) is 11.5. The molecule has 0 aromatic heterocycles. The molecule has 2 aliphatic rings. The van der Waals surface area contributed by atoms with Crippen molar-refractivity contribution < 1.29 is 18.4 Å². The van der Waals surface area contributed by atoms with E-state index in [9.17, 15) is 18.4 Å². The first-order valence-corrected chi connectivity index (χ1v) is 11.5. The number of hydrogen-bond donors (Lipinski definition) is 2. The van der Waals surface area contributed by atoms with Gasteiger partial charge in [0.1, 0.15) is 17.7 Å². The van der Waals surface area contributed by atoms with E-state index in [1.807, 2.05) is 42.6 Å². The molecular formula is C25H31F2N5O2. The Labute approximate surface area is 198 Å². The third kappa shape index (κ3) is 4.84. The number of nitrogens with one attached hydrogen (secondary N) is 2. The van der Waals surface area contributed by atoms with Gasteiger partial charge in [-0.15, -0.1) is 0 Å². The van der Waals surface area contributed by atoms with Gasteiger partial charge in [-0.25, -0.2) is 8.78 Å². The summed E-state index contributed by atoms with van der Waals surface area (Å²) in [4.78, 5) is 31.2. The zero-order valence-electron chi connectivity index (χ0n) is 20.0. The quantitative estimate of drug-likeness (QED) is 0.702. The predicted molar refractivity (Wildman–Crippen MR) is 129 cm³/mol. The molecule has 2 unspecified atom stereocenters. The SMILES string of the molecule is Cc1ccc(F)c2c1NC(C(=O)Nc1cc(F)cc(N3CCN(C(=O)C(C)N(C)C)CC3)c1)C2. The largest absolute Gasteiger partial charge is 0.373 e. The molecule has 1 saturated heterocycles. The standard InChI is InChI=1S/C25H31F2N5O2/c1-15-5-6-21(27)20-14-22(29-23(15)20)24(33)28-18-11-17(26)12-19(13-18)31-7-9-32(10-8-31)25(34)16(2)30(3)4/h5-6,11-13,16,22,29H,7-10,14H2,1-4H3,(H,28,33). The Morgan fingerprint density at radius 1 is 1.12 bits per heavy atom. The van der Waals surface area contributed by atoms with Crippen LogP contribution < -0.4 is 15.5 Å². The molecule has 2 amide bonds. The van der Waals surface area contributed by atoms with E-state index in [0.29, 0.717) is 48.8 Å². The first kappa shape index (κ1) is 23.9. The summed E-state index contributed by atoms with van der Waals surface area (Å²) < 4.78 is 28.6. The maximum atomic E-state index is 14.4. The number of piperazine rings is 1. The van der Waals surface area contributed by atoms with Crippen LogP contribution in [0.1, 0.15) is 18.1 Å². The van der Waals surface area contributed by atoms with Gasteiger partial charge in [-0.05, 0) is 57.8 Å². The minimum Gasteiger partial charge on any atom is -0.373 e. The molecule has 4 rings (SSSR count). The Morgan fingerprint density at radius 3 is 2.47 bits per heavy atom. The van der Waals surface area contributed by atoms with Crippen LogP contribution >= 0.6 is 0 Å². The van der Waals surface area contributed by atoms with Crippen molar-refractivity contribution >= 4 is 28.9 Å². The molecular weight excluding hydrogens is 440 g/mol. The van der Waals surface area contributed by atoms with Crippen molar-refractivity contribution in [2.24, 2.45) is 0 Å². The van der Waals surface area contributed by atoms with Gasteiger partial charge >= 0.3 is 0 Å². The molecule has 0 spiro atoms. The van der Waals surface area contributed by atoms with Crippen molar-refractivity contribution in [3.05, 3.63) is 53.1 Å². The summed E-state index contributed by atoms with van der Waals surface area (Å²) in [6.07, 6.45) is 0.234. The van der Waals surface area contributed by atoms with E-state index in [-0.39, 0.29) is 30.1 Å². The lowest BCUT2D eigenvalue weighted by molar-refractivity contribution is -0.135. The van der Waals surface area contributed by atoms with Crippen LogP contribution in [0.4, 0.5) is 25.8 Å². The molecule has 2 aromatic carbocycles. The van der Waals surface area contributed by atoms with Gasteiger partial charge in [0.2, 0.25) is 11.8 Å². The molecule has 2 heterocycles. The van der Waals surface area contributed by atoms with Crippen molar-refractivity contribution in [3.8, 4) is 0 Å². The number of likely N-dealkylation sites (N-methyl/N-ethyl adjacent to an activating group) is 1. The van der Waals surface area contributed by atoms with Gasteiger partial charge in [0.15, 0.2) is 0 Å². The smallest absolute Gasteiger partial charge is 0.247 e. The maximum Gasteiger partial charge on any atom is 0.247 e. The molecule has 2 atom stereocenters. The number of rotatable bonds is 5. The summed E-state index contributed by atoms with van der Waals surface area (Å²) in [5, 5.41) is 5.86. The van der Waals surface area contributed by atoms with E-state index in [2.05, 4.69) is 10.6 Å². The predicted octanol–water partition coefficient (Wildman–Crippen LogP) is 2.85. The average molecular weight is 472 g/mol. The molecule has 0 bridgehead atoms. The number of carbonyl (C=O) groups excluding carboxylic acids is 2. The number of halogens is 2. The molecule has 9 heteroatoms. The molecule has 2 aliphatic heterocycles. The summed E-state index contributed by atoms with van der Waals surface area (Å²) >= 11 is 0. The van der Waals surface area contributed by atoms with Crippen LogP contribution in [0.3, 0.4) is 0 Å². The number of nitrogens with zero attached hydrogens (tertiary/aromatic N) is 3. The zero-order chi connectivity index (χ0) is 24.6. The topological polar surface area (TPSA) is 67.9 Å². The van der Waals surface area contributed by atoms with E-state index in [0.717, 1.165) is 5.56 Å². The second-order valence-electron chi connectivity index (χ2n) is 9.26. The van der Waals surface area contributed by atoms with Crippen LogP contribution in [0.25, 0.3) is 0 Å². The van der Waals surface area contributed by atoms with Crippen molar-refractivity contribution in [2.45, 2.75) is 32.4 Å². The molecule has 0 radical (unpaired) electrons. The number of carbonyl (C=O) groups is 2. The second-order valence-corrected chi connectivity index (χ2v) is 9.26. The Hall–Kier alpha value is -3.20. The first-order chi connectivity index (χ1) is 16.1. The van der Waals surface area contributed by atoms with Crippen LogP contribution in [0, 0.1) is 18.6 Å². The summed E-state index contributed by atoms with van der Waals surface area (Å²) in [7, 11) is 3.75. The number of anilines is 3. The lowest BCUT2D eigenvalue weighted by atomic mass is 10.1. The van der Waals surface area contributed by atoms with Crippen molar-refractivity contribution in [3.63, 3.8) is 0 Å². The van der Waals surface area contributed by atoms with E-state index in [4.69, 9.17) is 0 Å². The number of amides is 2. The normalized spacial score (nSPS) is 18.5. The molecule has 0 saturated carbocycles. The average Bonchev–Trinajstić information content (AvgIpc) is 3.27. The summed E-state index contributed by atoms with van der Waals surface area (Å²) in [5.41, 5.74) is 3.01. The van der Waals surface area contributed by atoms with Crippen LogP contribution in [0.15, 0.2) is 30.3 Å². The van der Waals surface area contributed by atoms with Gasteiger partial charge in [-0.3, -0.25) is 14.5 Å². The number of aryl methyl sites for hydroxylation is 1. The van der Waals surface area contributed by atoms with Crippen LogP contribution in [-0.4, -0.2) is 74.0 Å². The molecule has 2 aromatic rings. The Balaban J connectivity index is 1.40.